The lowest BCUT2D eigenvalue weighted by molar-refractivity contribution is -0.139. The average Bonchev–Trinajstić information content (AvgIpc) is 2.75. The molecule has 1 atom stereocenters. The molecular weight excluding hydrogens is 408 g/mol. The smallest absolute Gasteiger partial charge is 0.320 e. The number of hydrogen-bond acceptors (Lipinski definition) is 4. The van der Waals surface area contributed by atoms with Gasteiger partial charge in [0.25, 0.3) is 0 Å². The van der Waals surface area contributed by atoms with Crippen LogP contribution in [0.25, 0.3) is 0 Å². The third-order valence-electron chi connectivity index (χ3n) is 5.93. The van der Waals surface area contributed by atoms with E-state index in [2.05, 4.69) is 10.6 Å². The van der Waals surface area contributed by atoms with Crippen molar-refractivity contribution in [2.45, 2.75) is 128 Å². The molecule has 7 nitrogen and oxygen atoms in total. The van der Waals surface area contributed by atoms with Gasteiger partial charge >= 0.3 is 11.9 Å². The van der Waals surface area contributed by atoms with Crippen molar-refractivity contribution < 1.29 is 24.6 Å². The fraction of sp³-hybridized carbons (Fsp3) is 0.880. The highest BCUT2D eigenvalue weighted by Gasteiger charge is 2.13. The van der Waals surface area contributed by atoms with Crippen LogP contribution < -0.4 is 10.6 Å². The zero-order valence-electron chi connectivity index (χ0n) is 20.3. The normalized spacial score (nSPS) is 11.9. The Morgan fingerprint density at radius 2 is 1.06 bits per heavy atom. The lowest BCUT2D eigenvalue weighted by Crippen LogP contribution is -2.33. The van der Waals surface area contributed by atoms with E-state index >= 15 is 0 Å². The zero-order valence-corrected chi connectivity index (χ0v) is 20.3. The highest BCUT2D eigenvalue weighted by atomic mass is 16.4. The van der Waals surface area contributed by atoms with Crippen LogP contribution in [0.1, 0.15) is 122 Å². The molecule has 7 heteroatoms. The molecule has 0 bridgehead atoms. The molecular formula is C25H48N2O5. The molecule has 0 heterocycles. The van der Waals surface area contributed by atoms with Crippen LogP contribution in [-0.2, 0) is 14.4 Å². The van der Waals surface area contributed by atoms with Crippen LogP contribution in [0.15, 0.2) is 0 Å². The monoisotopic (exact) mass is 456 g/mol. The van der Waals surface area contributed by atoms with E-state index in [4.69, 9.17) is 10.2 Å². The Labute approximate surface area is 195 Å². The van der Waals surface area contributed by atoms with Crippen LogP contribution in [0.5, 0.6) is 0 Å². The molecule has 0 unspecified atom stereocenters. The molecule has 0 saturated carbocycles. The summed E-state index contributed by atoms with van der Waals surface area (Å²) in [6.07, 6.45) is 19.6. The minimum absolute atomic E-state index is 0.107. The average molecular weight is 457 g/mol. The molecule has 0 spiro atoms. The third kappa shape index (κ3) is 21.6. The molecule has 0 radical (unpaired) electrons. The predicted molar refractivity (Wildman–Crippen MR) is 129 cm³/mol. The summed E-state index contributed by atoms with van der Waals surface area (Å²) in [5, 5.41) is 23.2. The van der Waals surface area contributed by atoms with E-state index < -0.39 is 18.0 Å². The first-order chi connectivity index (χ1) is 15.5. The first kappa shape index (κ1) is 30.4. The van der Waals surface area contributed by atoms with E-state index in [9.17, 15) is 14.4 Å². The number of amides is 1. The topological polar surface area (TPSA) is 116 Å². The summed E-state index contributed by atoms with van der Waals surface area (Å²) in [6, 6.07) is -0.501. The van der Waals surface area contributed by atoms with Gasteiger partial charge < -0.3 is 20.8 Å². The molecule has 0 aromatic rings. The number of rotatable bonds is 24. The summed E-state index contributed by atoms with van der Waals surface area (Å²) in [5.41, 5.74) is 0. The SMILES string of the molecule is CN[C@@H](CCCCNC(=O)CCCCCCCCCCCCCCCCC(=O)O)C(=O)O. The highest BCUT2D eigenvalue weighted by molar-refractivity contribution is 5.75. The predicted octanol–water partition coefficient (Wildman–Crippen LogP) is 5.27. The van der Waals surface area contributed by atoms with Crippen molar-refractivity contribution >= 4 is 17.8 Å². The van der Waals surface area contributed by atoms with Crippen molar-refractivity contribution in [1.82, 2.24) is 10.6 Å². The molecule has 0 aromatic carbocycles. The Hall–Kier alpha value is -1.63. The molecule has 0 aromatic heterocycles. The van der Waals surface area contributed by atoms with Gasteiger partial charge in [-0.25, -0.2) is 0 Å². The van der Waals surface area contributed by atoms with Crippen molar-refractivity contribution in [2.75, 3.05) is 13.6 Å². The Balaban J connectivity index is 3.26. The molecule has 0 fully saturated rings. The summed E-state index contributed by atoms with van der Waals surface area (Å²) in [5.74, 6) is -1.40. The minimum Gasteiger partial charge on any atom is -0.481 e. The first-order valence-electron chi connectivity index (χ1n) is 12.9. The summed E-state index contributed by atoms with van der Waals surface area (Å²) in [6.45, 7) is 0.625. The van der Waals surface area contributed by atoms with Crippen LogP contribution in [0.2, 0.25) is 0 Å². The van der Waals surface area contributed by atoms with Gasteiger partial charge in [0.1, 0.15) is 6.04 Å². The van der Waals surface area contributed by atoms with Gasteiger partial charge in [0.05, 0.1) is 0 Å². The summed E-state index contributed by atoms with van der Waals surface area (Å²) >= 11 is 0. The molecule has 0 aliphatic carbocycles. The molecule has 32 heavy (non-hydrogen) atoms. The second-order valence-corrected chi connectivity index (χ2v) is 8.87. The molecule has 4 N–H and O–H groups in total. The fourth-order valence-electron chi connectivity index (χ4n) is 3.86. The Morgan fingerprint density at radius 1 is 0.625 bits per heavy atom. The Bertz CT molecular complexity index is 485. The molecule has 188 valence electrons. The Morgan fingerprint density at radius 3 is 1.47 bits per heavy atom. The van der Waals surface area contributed by atoms with Gasteiger partial charge in [-0.1, -0.05) is 77.0 Å². The zero-order chi connectivity index (χ0) is 23.9. The van der Waals surface area contributed by atoms with Crippen LogP contribution in [0.3, 0.4) is 0 Å². The third-order valence-corrected chi connectivity index (χ3v) is 5.93. The second kappa shape index (κ2) is 22.6. The number of unbranched alkanes of at least 4 members (excludes halogenated alkanes) is 14. The number of nitrogens with one attached hydrogen (secondary N) is 2. The van der Waals surface area contributed by atoms with Crippen molar-refractivity contribution in [3.63, 3.8) is 0 Å². The van der Waals surface area contributed by atoms with Crippen LogP contribution in [0.4, 0.5) is 0 Å². The van der Waals surface area contributed by atoms with E-state index in [1.807, 2.05) is 0 Å². The standard InChI is InChI=1S/C25H48N2O5/c1-26-22(25(31)32)18-16-17-21-27-23(28)19-14-12-10-8-6-4-2-3-5-7-9-11-13-15-20-24(29)30/h22,26H,2-21H2,1H3,(H,27,28)(H,29,30)(H,31,32)/t22-/m0/s1. The Kier molecular flexibility index (Phi) is 21.4. The lowest BCUT2D eigenvalue weighted by atomic mass is 10.0. The van der Waals surface area contributed by atoms with Crippen LogP contribution in [-0.4, -0.2) is 47.7 Å². The van der Waals surface area contributed by atoms with Gasteiger partial charge in [-0.05, 0) is 39.2 Å². The number of likely N-dealkylation sites (N-methyl/N-ethyl adjacent to an activating group) is 1. The van der Waals surface area contributed by atoms with Crippen LogP contribution in [0, 0.1) is 0 Å². The maximum absolute atomic E-state index is 11.8. The van der Waals surface area contributed by atoms with Crippen LogP contribution >= 0.6 is 0 Å². The molecule has 0 aliphatic rings. The van der Waals surface area contributed by atoms with E-state index in [0.29, 0.717) is 25.8 Å². The lowest BCUT2D eigenvalue weighted by Gasteiger charge is -2.10. The highest BCUT2D eigenvalue weighted by Crippen LogP contribution is 2.13. The quantitative estimate of drug-likeness (QED) is 0.147. The summed E-state index contributed by atoms with van der Waals surface area (Å²) < 4.78 is 0. The van der Waals surface area contributed by atoms with Gasteiger partial charge in [0.2, 0.25) is 5.91 Å². The van der Waals surface area contributed by atoms with Crippen molar-refractivity contribution in [2.24, 2.45) is 0 Å². The number of carbonyl (C=O) groups is 3. The van der Waals surface area contributed by atoms with E-state index in [-0.39, 0.29) is 5.91 Å². The summed E-state index contributed by atoms with van der Waals surface area (Å²) in [7, 11) is 1.65. The van der Waals surface area contributed by atoms with Gasteiger partial charge in [0.15, 0.2) is 0 Å². The maximum atomic E-state index is 11.8. The van der Waals surface area contributed by atoms with E-state index in [0.717, 1.165) is 44.9 Å². The number of hydrogen-bond donors (Lipinski definition) is 4. The van der Waals surface area contributed by atoms with Gasteiger partial charge in [0, 0.05) is 19.4 Å². The first-order valence-corrected chi connectivity index (χ1v) is 12.9. The van der Waals surface area contributed by atoms with E-state index in [1.165, 1.54) is 57.8 Å². The number of carboxylic acid groups (broad SMARTS) is 2. The second-order valence-electron chi connectivity index (χ2n) is 8.87. The van der Waals surface area contributed by atoms with E-state index in [1.54, 1.807) is 7.05 Å². The molecule has 0 aliphatic heterocycles. The summed E-state index contributed by atoms with van der Waals surface area (Å²) in [4.78, 5) is 33.1. The number of carbonyl (C=O) groups excluding carboxylic acids is 1. The molecule has 1 amide bonds. The largest absolute Gasteiger partial charge is 0.481 e. The maximum Gasteiger partial charge on any atom is 0.320 e. The van der Waals surface area contributed by atoms with Gasteiger partial charge in [-0.2, -0.15) is 0 Å². The number of aliphatic carboxylic acids is 2. The van der Waals surface area contributed by atoms with Crippen molar-refractivity contribution in [1.29, 1.82) is 0 Å². The minimum atomic E-state index is -0.824. The number of carboxylic acids is 2. The van der Waals surface area contributed by atoms with Gasteiger partial charge in [-0.15, -0.1) is 0 Å². The van der Waals surface area contributed by atoms with Crippen molar-refractivity contribution in [3.8, 4) is 0 Å². The fourth-order valence-corrected chi connectivity index (χ4v) is 3.86. The molecule has 0 rings (SSSR count). The van der Waals surface area contributed by atoms with Gasteiger partial charge in [-0.3, -0.25) is 14.4 Å². The van der Waals surface area contributed by atoms with Crippen molar-refractivity contribution in [3.05, 3.63) is 0 Å². The molecule has 0 saturated heterocycles.